The Kier molecular flexibility index (Phi) is 9.55. The molecule has 1 saturated heterocycles. The third kappa shape index (κ3) is 6.83. The van der Waals surface area contributed by atoms with E-state index in [1.165, 1.54) is 29.2 Å². The first-order valence-electron chi connectivity index (χ1n) is 12.9. The average molecular weight is 570 g/mol. The van der Waals surface area contributed by atoms with Gasteiger partial charge in [0.25, 0.3) is 5.91 Å². The van der Waals surface area contributed by atoms with Gasteiger partial charge in [0.1, 0.15) is 16.7 Å². The molecule has 0 unspecified atom stereocenters. The van der Waals surface area contributed by atoms with Crippen molar-refractivity contribution in [2.75, 3.05) is 23.4 Å². The van der Waals surface area contributed by atoms with E-state index in [0.29, 0.717) is 28.9 Å². The Morgan fingerprint density at radius 2 is 1.44 bits per heavy atom. The zero-order valence-corrected chi connectivity index (χ0v) is 23.3. The molecular formula is C31H27N3O6S. The number of para-hydroxylation sites is 1. The normalized spacial score (nSPS) is 15.6. The Morgan fingerprint density at radius 3 is 1.98 bits per heavy atom. The van der Waals surface area contributed by atoms with E-state index in [1.807, 2.05) is 6.07 Å². The van der Waals surface area contributed by atoms with Gasteiger partial charge in [-0.2, -0.15) is 5.26 Å². The first-order valence-corrected chi connectivity index (χ1v) is 13.8. The van der Waals surface area contributed by atoms with Crippen molar-refractivity contribution >= 4 is 46.9 Å². The molecule has 41 heavy (non-hydrogen) atoms. The van der Waals surface area contributed by atoms with Gasteiger partial charge in [0.05, 0.1) is 29.6 Å². The molecule has 3 aromatic rings. The topological polar surface area (TPSA) is 126 Å². The largest absolute Gasteiger partial charge is 0.462 e. The minimum absolute atomic E-state index is 0.220. The van der Waals surface area contributed by atoms with Crippen LogP contribution in [0.4, 0.5) is 11.4 Å². The number of carbonyl (C=O) groups is 4. The summed E-state index contributed by atoms with van der Waals surface area (Å²) >= 11 is 1.14. The predicted molar refractivity (Wildman–Crippen MR) is 155 cm³/mol. The summed E-state index contributed by atoms with van der Waals surface area (Å²) in [6.07, 6.45) is 0.315. The highest BCUT2D eigenvalue weighted by Gasteiger charge is 2.40. The van der Waals surface area contributed by atoms with Crippen LogP contribution in [0, 0.1) is 11.3 Å². The van der Waals surface area contributed by atoms with E-state index in [-0.39, 0.29) is 29.7 Å². The monoisotopic (exact) mass is 569 g/mol. The number of esters is 2. The summed E-state index contributed by atoms with van der Waals surface area (Å²) in [5.41, 5.74) is 2.22. The van der Waals surface area contributed by atoms with Crippen LogP contribution in [-0.4, -0.2) is 42.2 Å². The number of nitrogens with zero attached hydrogens (tertiary/aromatic N) is 2. The van der Waals surface area contributed by atoms with Crippen molar-refractivity contribution in [3.05, 3.63) is 106 Å². The number of nitrogens with one attached hydrogen (secondary N) is 1. The maximum atomic E-state index is 13.6. The molecule has 4 rings (SSSR count). The molecule has 1 heterocycles. The van der Waals surface area contributed by atoms with Crippen LogP contribution in [0.25, 0.3) is 0 Å². The van der Waals surface area contributed by atoms with Gasteiger partial charge in [0.2, 0.25) is 5.91 Å². The number of benzene rings is 3. The molecule has 0 radical (unpaired) electrons. The molecule has 1 aliphatic rings. The zero-order chi connectivity index (χ0) is 29.4. The van der Waals surface area contributed by atoms with Gasteiger partial charge in [0, 0.05) is 11.4 Å². The molecule has 0 saturated carbocycles. The number of carbonyl (C=O) groups excluding carboxylic acids is 4. The second-order valence-corrected chi connectivity index (χ2v) is 9.97. The second kappa shape index (κ2) is 13.5. The number of hydrogen-bond donors (Lipinski definition) is 1. The van der Waals surface area contributed by atoms with Crippen LogP contribution in [0.15, 0.2) is 89.5 Å². The lowest BCUT2D eigenvalue weighted by molar-refractivity contribution is -0.117. The van der Waals surface area contributed by atoms with E-state index in [2.05, 4.69) is 5.32 Å². The van der Waals surface area contributed by atoms with E-state index in [4.69, 9.17) is 9.47 Å². The van der Waals surface area contributed by atoms with Crippen LogP contribution in [0.2, 0.25) is 0 Å². The highest BCUT2D eigenvalue weighted by Crippen LogP contribution is 2.42. The SMILES string of the molecule is CCOC(=O)c1ccc(C[C@@H]2S/C(=C(/C#N)C(=O)Nc3ccc(C(=O)OCC)cc3)N(c3ccccc3)C2=O)cc1. The third-order valence-corrected chi connectivity index (χ3v) is 7.32. The van der Waals surface area contributed by atoms with Crippen LogP contribution in [0.5, 0.6) is 0 Å². The standard InChI is InChI=1S/C31H27N3O6S/c1-3-39-30(37)21-12-10-20(11-13-21)18-26-28(36)34(24-8-6-5-7-9-24)29(41-26)25(19-32)27(35)33-23-16-14-22(15-17-23)31(38)40-4-2/h5-17,26H,3-4,18H2,1-2H3,(H,33,35)/b29-25-/t26-/m0/s1. The highest BCUT2D eigenvalue weighted by atomic mass is 32.2. The Hall–Kier alpha value is -4.88. The molecule has 2 amide bonds. The molecule has 1 aliphatic heterocycles. The maximum absolute atomic E-state index is 13.6. The molecule has 1 N–H and O–H groups in total. The predicted octanol–water partition coefficient (Wildman–Crippen LogP) is 5.10. The number of nitriles is 1. The van der Waals surface area contributed by atoms with Gasteiger partial charge in [-0.05, 0) is 74.4 Å². The van der Waals surface area contributed by atoms with Crippen LogP contribution in [0.3, 0.4) is 0 Å². The van der Waals surface area contributed by atoms with Crippen LogP contribution in [-0.2, 0) is 25.5 Å². The molecule has 0 bridgehead atoms. The molecule has 1 fully saturated rings. The van der Waals surface area contributed by atoms with Gasteiger partial charge in [-0.15, -0.1) is 0 Å². The lowest BCUT2D eigenvalue weighted by atomic mass is 10.1. The molecule has 9 nitrogen and oxygen atoms in total. The molecule has 10 heteroatoms. The first kappa shape index (κ1) is 29.1. The number of hydrogen-bond acceptors (Lipinski definition) is 8. The quantitative estimate of drug-likeness (QED) is 0.214. The van der Waals surface area contributed by atoms with E-state index < -0.39 is 23.1 Å². The Bertz CT molecular complexity index is 1510. The summed E-state index contributed by atoms with van der Waals surface area (Å²) in [6.45, 7) is 3.95. The Balaban J connectivity index is 1.60. The molecule has 1 atom stereocenters. The van der Waals surface area contributed by atoms with Gasteiger partial charge in [0.15, 0.2) is 0 Å². The average Bonchev–Trinajstić information content (AvgIpc) is 3.29. The van der Waals surface area contributed by atoms with Gasteiger partial charge in [-0.1, -0.05) is 42.1 Å². The summed E-state index contributed by atoms with van der Waals surface area (Å²) in [6, 6.07) is 23.7. The van der Waals surface area contributed by atoms with Gasteiger partial charge in [-0.3, -0.25) is 14.5 Å². The number of anilines is 2. The lowest BCUT2D eigenvalue weighted by Crippen LogP contribution is -2.30. The molecule has 3 aromatic carbocycles. The van der Waals surface area contributed by atoms with Crippen LogP contribution >= 0.6 is 11.8 Å². The Morgan fingerprint density at radius 1 is 0.878 bits per heavy atom. The van der Waals surface area contributed by atoms with Crippen molar-refractivity contribution in [1.82, 2.24) is 0 Å². The highest BCUT2D eigenvalue weighted by molar-refractivity contribution is 8.05. The number of ether oxygens (including phenoxy) is 2. The molecule has 0 aromatic heterocycles. The van der Waals surface area contributed by atoms with Crippen molar-refractivity contribution in [3.8, 4) is 6.07 Å². The lowest BCUT2D eigenvalue weighted by Gasteiger charge is -2.18. The Labute approximate surface area is 241 Å². The second-order valence-electron chi connectivity index (χ2n) is 8.78. The van der Waals surface area contributed by atoms with Gasteiger partial charge >= 0.3 is 11.9 Å². The molecule has 208 valence electrons. The summed E-state index contributed by atoms with van der Waals surface area (Å²) in [5, 5.41) is 12.3. The summed E-state index contributed by atoms with van der Waals surface area (Å²) in [4.78, 5) is 52.2. The van der Waals surface area contributed by atoms with E-state index in [9.17, 15) is 24.4 Å². The van der Waals surface area contributed by atoms with Crippen molar-refractivity contribution in [2.24, 2.45) is 0 Å². The number of rotatable bonds is 9. The number of amides is 2. The van der Waals surface area contributed by atoms with Crippen molar-refractivity contribution in [3.63, 3.8) is 0 Å². The molecule has 0 aliphatic carbocycles. The van der Waals surface area contributed by atoms with E-state index in [1.54, 1.807) is 68.4 Å². The minimum Gasteiger partial charge on any atom is -0.462 e. The van der Waals surface area contributed by atoms with Crippen LogP contribution < -0.4 is 10.2 Å². The number of thioether (sulfide) groups is 1. The van der Waals surface area contributed by atoms with Gasteiger partial charge < -0.3 is 14.8 Å². The fraction of sp³-hybridized carbons (Fsp3) is 0.194. The molecular weight excluding hydrogens is 542 g/mol. The smallest absolute Gasteiger partial charge is 0.338 e. The summed E-state index contributed by atoms with van der Waals surface area (Å²) in [5.74, 6) is -1.87. The maximum Gasteiger partial charge on any atom is 0.338 e. The summed E-state index contributed by atoms with van der Waals surface area (Å²) in [7, 11) is 0. The fourth-order valence-electron chi connectivity index (χ4n) is 4.10. The van der Waals surface area contributed by atoms with E-state index in [0.717, 1.165) is 17.3 Å². The molecule has 0 spiro atoms. The summed E-state index contributed by atoms with van der Waals surface area (Å²) < 4.78 is 10.0. The zero-order valence-electron chi connectivity index (χ0n) is 22.5. The van der Waals surface area contributed by atoms with Crippen molar-refractivity contribution in [1.29, 1.82) is 5.26 Å². The fourth-order valence-corrected chi connectivity index (χ4v) is 5.41. The minimum atomic E-state index is -0.688. The van der Waals surface area contributed by atoms with E-state index >= 15 is 0 Å². The van der Waals surface area contributed by atoms with Crippen molar-refractivity contribution in [2.45, 2.75) is 25.5 Å². The third-order valence-electron chi connectivity index (χ3n) is 6.06. The van der Waals surface area contributed by atoms with Crippen molar-refractivity contribution < 1.29 is 28.7 Å². The first-order chi connectivity index (χ1) is 19.9. The van der Waals surface area contributed by atoms with Gasteiger partial charge in [-0.25, -0.2) is 9.59 Å². The van der Waals surface area contributed by atoms with Crippen LogP contribution in [0.1, 0.15) is 40.1 Å².